The van der Waals surface area contributed by atoms with Gasteiger partial charge in [-0.15, -0.1) is 0 Å². The Morgan fingerprint density at radius 3 is 2.42 bits per heavy atom. The highest BCUT2D eigenvalue weighted by molar-refractivity contribution is 5.78. The maximum Gasteiger partial charge on any atom is 0.401 e. The van der Waals surface area contributed by atoms with Gasteiger partial charge in [0, 0.05) is 12.1 Å². The topological polar surface area (TPSA) is 44.4 Å². The summed E-state index contributed by atoms with van der Waals surface area (Å²) in [6, 6.07) is -0.242. The maximum atomic E-state index is 12.6. The van der Waals surface area contributed by atoms with Crippen molar-refractivity contribution in [3.8, 4) is 0 Å². The first kappa shape index (κ1) is 16.2. The average Bonchev–Trinajstić information content (AvgIpc) is 2.26. The Bertz CT molecular complexity index is 288. The van der Waals surface area contributed by atoms with Gasteiger partial charge in [-0.3, -0.25) is 9.69 Å². The maximum absolute atomic E-state index is 12.6. The van der Waals surface area contributed by atoms with E-state index in [1.54, 1.807) is 13.8 Å². The number of rotatable bonds is 5. The van der Waals surface area contributed by atoms with E-state index in [9.17, 15) is 18.0 Å². The molecule has 0 saturated carbocycles. The van der Waals surface area contributed by atoms with E-state index < -0.39 is 12.7 Å². The Morgan fingerprint density at radius 1 is 1.37 bits per heavy atom. The number of hydrogen-bond acceptors (Lipinski definition) is 3. The van der Waals surface area contributed by atoms with Crippen molar-refractivity contribution in [2.45, 2.75) is 44.9 Å². The molecule has 19 heavy (non-hydrogen) atoms. The normalized spacial score (nSPS) is 18.1. The molecule has 1 aliphatic rings. The van der Waals surface area contributed by atoms with Crippen LogP contribution in [0.1, 0.15) is 26.7 Å². The number of carbonyl (C=O) groups excluding carboxylic acids is 1. The smallest absolute Gasteiger partial charge is 0.353 e. The van der Waals surface area contributed by atoms with E-state index >= 15 is 0 Å². The van der Waals surface area contributed by atoms with Crippen molar-refractivity contribution in [3.63, 3.8) is 0 Å². The van der Waals surface area contributed by atoms with Crippen LogP contribution in [0.5, 0.6) is 0 Å². The predicted octanol–water partition coefficient (Wildman–Crippen LogP) is 1.13. The summed E-state index contributed by atoms with van der Waals surface area (Å²) in [5.41, 5.74) is 0. The summed E-state index contributed by atoms with van der Waals surface area (Å²) in [5.74, 6) is -0.349. The third-order valence-electron chi connectivity index (χ3n) is 3.00. The van der Waals surface area contributed by atoms with Crippen LogP contribution in [-0.4, -0.2) is 55.2 Å². The van der Waals surface area contributed by atoms with Crippen molar-refractivity contribution in [3.05, 3.63) is 0 Å². The predicted molar refractivity (Wildman–Crippen MR) is 66.8 cm³/mol. The van der Waals surface area contributed by atoms with Crippen molar-refractivity contribution < 1.29 is 18.0 Å². The molecule has 1 amide bonds. The van der Waals surface area contributed by atoms with Crippen LogP contribution in [0, 0.1) is 0 Å². The van der Waals surface area contributed by atoms with E-state index in [1.807, 2.05) is 0 Å². The Hall–Kier alpha value is -0.820. The van der Waals surface area contributed by atoms with Crippen LogP contribution in [0.3, 0.4) is 0 Å². The zero-order valence-electron chi connectivity index (χ0n) is 11.4. The molecular formula is C12H22F3N3O. The largest absolute Gasteiger partial charge is 0.401 e. The summed E-state index contributed by atoms with van der Waals surface area (Å²) < 4.78 is 37.8. The van der Waals surface area contributed by atoms with Crippen LogP contribution in [0.15, 0.2) is 0 Å². The van der Waals surface area contributed by atoms with Crippen LogP contribution in [0.2, 0.25) is 0 Å². The molecule has 7 heteroatoms. The lowest BCUT2D eigenvalue weighted by Gasteiger charge is -2.34. The molecule has 0 aromatic rings. The van der Waals surface area contributed by atoms with Crippen molar-refractivity contribution in [2.75, 3.05) is 26.2 Å². The Labute approximate surface area is 111 Å². The van der Waals surface area contributed by atoms with Crippen LogP contribution < -0.4 is 10.6 Å². The van der Waals surface area contributed by atoms with Crippen LogP contribution in [0.4, 0.5) is 13.2 Å². The molecule has 1 heterocycles. The summed E-state index contributed by atoms with van der Waals surface area (Å²) in [6.45, 7) is 3.76. The number of amides is 1. The molecule has 0 aromatic carbocycles. The Morgan fingerprint density at radius 2 is 1.95 bits per heavy atom. The van der Waals surface area contributed by atoms with Crippen LogP contribution in [-0.2, 0) is 4.79 Å². The van der Waals surface area contributed by atoms with E-state index in [0.717, 1.165) is 0 Å². The molecule has 0 unspecified atom stereocenters. The van der Waals surface area contributed by atoms with Gasteiger partial charge in [-0.05, 0) is 39.8 Å². The first-order valence-corrected chi connectivity index (χ1v) is 6.59. The minimum Gasteiger partial charge on any atom is -0.353 e. The second-order valence-electron chi connectivity index (χ2n) is 5.22. The van der Waals surface area contributed by atoms with Crippen molar-refractivity contribution in [2.24, 2.45) is 0 Å². The number of piperidine rings is 1. The fourth-order valence-electron chi connectivity index (χ4n) is 2.27. The molecule has 0 bridgehead atoms. The second-order valence-corrected chi connectivity index (χ2v) is 5.22. The van der Waals surface area contributed by atoms with Gasteiger partial charge in [0.25, 0.3) is 0 Å². The van der Waals surface area contributed by atoms with E-state index in [4.69, 9.17) is 0 Å². The zero-order valence-corrected chi connectivity index (χ0v) is 11.4. The molecular weight excluding hydrogens is 259 g/mol. The third kappa shape index (κ3) is 6.77. The lowest BCUT2D eigenvalue weighted by Crippen LogP contribution is -2.51. The molecule has 0 atom stereocenters. The molecule has 0 spiro atoms. The van der Waals surface area contributed by atoms with Gasteiger partial charge in [0.05, 0.1) is 13.1 Å². The van der Waals surface area contributed by atoms with Gasteiger partial charge in [0.1, 0.15) is 0 Å². The van der Waals surface area contributed by atoms with E-state index in [1.165, 1.54) is 4.90 Å². The number of halogens is 3. The van der Waals surface area contributed by atoms with Crippen molar-refractivity contribution in [1.82, 2.24) is 15.5 Å². The van der Waals surface area contributed by atoms with E-state index in [0.29, 0.717) is 25.9 Å². The Balaban J connectivity index is 2.60. The van der Waals surface area contributed by atoms with Gasteiger partial charge in [-0.2, -0.15) is 13.2 Å². The average molecular weight is 281 g/mol. The number of nitrogens with one attached hydrogen (secondary N) is 2. The molecule has 0 aliphatic carbocycles. The van der Waals surface area contributed by atoms with E-state index in [-0.39, 0.29) is 24.5 Å². The number of alkyl halides is 3. The second kappa shape index (κ2) is 7.09. The molecule has 1 fully saturated rings. The van der Waals surface area contributed by atoms with Gasteiger partial charge >= 0.3 is 6.18 Å². The van der Waals surface area contributed by atoms with Crippen molar-refractivity contribution in [1.29, 1.82) is 0 Å². The fraction of sp³-hybridized carbons (Fsp3) is 0.917. The van der Waals surface area contributed by atoms with Gasteiger partial charge < -0.3 is 10.6 Å². The SMILES string of the molecule is CC(C)NC(=O)CN(CC(F)(F)F)C1CCNCC1. The standard InChI is InChI=1S/C12H22F3N3O/c1-9(2)17-11(19)7-18(8-12(13,14)15)10-3-5-16-6-4-10/h9-10,16H,3-8H2,1-2H3,(H,17,19). The fourth-order valence-corrected chi connectivity index (χ4v) is 2.27. The molecule has 1 rings (SSSR count). The highest BCUT2D eigenvalue weighted by atomic mass is 19.4. The number of carbonyl (C=O) groups is 1. The Kier molecular flexibility index (Phi) is 6.06. The lowest BCUT2D eigenvalue weighted by molar-refractivity contribution is -0.154. The zero-order chi connectivity index (χ0) is 14.5. The van der Waals surface area contributed by atoms with Gasteiger partial charge in [-0.25, -0.2) is 0 Å². The van der Waals surface area contributed by atoms with Crippen LogP contribution in [0.25, 0.3) is 0 Å². The molecule has 2 N–H and O–H groups in total. The summed E-state index contributed by atoms with van der Waals surface area (Å²) in [7, 11) is 0. The molecule has 112 valence electrons. The van der Waals surface area contributed by atoms with Crippen molar-refractivity contribution >= 4 is 5.91 Å². The minimum atomic E-state index is -4.27. The summed E-state index contributed by atoms with van der Waals surface area (Å²) in [6.07, 6.45) is -2.99. The van der Waals surface area contributed by atoms with Crippen LogP contribution >= 0.6 is 0 Å². The molecule has 0 aromatic heterocycles. The highest BCUT2D eigenvalue weighted by Crippen LogP contribution is 2.21. The lowest BCUT2D eigenvalue weighted by atomic mass is 10.0. The van der Waals surface area contributed by atoms with Gasteiger partial charge in [-0.1, -0.05) is 0 Å². The van der Waals surface area contributed by atoms with E-state index in [2.05, 4.69) is 10.6 Å². The minimum absolute atomic E-state index is 0.0618. The quantitative estimate of drug-likeness (QED) is 0.794. The summed E-state index contributed by atoms with van der Waals surface area (Å²) in [4.78, 5) is 12.9. The summed E-state index contributed by atoms with van der Waals surface area (Å²) in [5, 5.41) is 5.74. The monoisotopic (exact) mass is 281 g/mol. The highest BCUT2D eigenvalue weighted by Gasteiger charge is 2.35. The van der Waals surface area contributed by atoms with Gasteiger partial charge in [0.15, 0.2) is 0 Å². The third-order valence-corrected chi connectivity index (χ3v) is 3.00. The summed E-state index contributed by atoms with van der Waals surface area (Å²) >= 11 is 0. The molecule has 1 saturated heterocycles. The first-order chi connectivity index (χ1) is 8.78. The molecule has 0 radical (unpaired) electrons. The number of hydrogen-bond donors (Lipinski definition) is 2. The number of nitrogens with zero attached hydrogens (tertiary/aromatic N) is 1. The molecule has 4 nitrogen and oxygen atoms in total. The first-order valence-electron chi connectivity index (χ1n) is 6.59. The molecule has 1 aliphatic heterocycles. The van der Waals surface area contributed by atoms with Gasteiger partial charge in [0.2, 0.25) is 5.91 Å².